The van der Waals surface area contributed by atoms with Crippen LogP contribution in [0.4, 0.5) is 0 Å². The number of rotatable bonds is 6. The lowest BCUT2D eigenvalue weighted by Gasteiger charge is -2.10. The smallest absolute Gasteiger partial charge is 0.00734 e. The minimum atomic E-state index is 0.369. The van der Waals surface area contributed by atoms with Gasteiger partial charge in [-0.2, -0.15) is 0 Å². The molecule has 0 aromatic carbocycles. The first-order valence-corrected chi connectivity index (χ1v) is 5.18. The first kappa shape index (κ1) is 11.7. The number of allylic oxidation sites excluding steroid dienone is 1. The van der Waals surface area contributed by atoms with Gasteiger partial charge in [0.2, 0.25) is 0 Å². The molecule has 0 fully saturated rings. The Hall–Kier alpha value is -0.300. The van der Waals surface area contributed by atoms with Crippen LogP contribution in [0.1, 0.15) is 52.9 Å². The van der Waals surface area contributed by atoms with Gasteiger partial charge in [-0.25, -0.2) is 0 Å². The standard InChI is InChI=1S/C11H23N/c1-4-7-8-10(5-2)9-11(12)6-3/h8,11H,4-7,9,12H2,1-3H3/b10-8+. The van der Waals surface area contributed by atoms with E-state index in [1.165, 1.54) is 18.4 Å². The van der Waals surface area contributed by atoms with E-state index >= 15 is 0 Å². The fraction of sp³-hybridized carbons (Fsp3) is 0.818. The minimum absolute atomic E-state index is 0.369. The van der Waals surface area contributed by atoms with Crippen molar-refractivity contribution in [1.29, 1.82) is 0 Å². The summed E-state index contributed by atoms with van der Waals surface area (Å²) < 4.78 is 0. The van der Waals surface area contributed by atoms with Crippen LogP contribution in [0, 0.1) is 0 Å². The highest BCUT2D eigenvalue weighted by Gasteiger charge is 2.01. The van der Waals surface area contributed by atoms with E-state index in [4.69, 9.17) is 5.73 Å². The van der Waals surface area contributed by atoms with Gasteiger partial charge in [0.05, 0.1) is 0 Å². The molecule has 0 aromatic heterocycles. The Morgan fingerprint density at radius 1 is 1.33 bits per heavy atom. The lowest BCUT2D eigenvalue weighted by atomic mass is 10.0. The maximum atomic E-state index is 5.88. The molecule has 0 saturated carbocycles. The number of hydrogen-bond donors (Lipinski definition) is 1. The van der Waals surface area contributed by atoms with Crippen LogP contribution in [0.25, 0.3) is 0 Å². The van der Waals surface area contributed by atoms with Crippen LogP contribution in [0.15, 0.2) is 11.6 Å². The second-order valence-corrected chi connectivity index (χ2v) is 3.38. The fourth-order valence-corrected chi connectivity index (χ4v) is 1.20. The van der Waals surface area contributed by atoms with Gasteiger partial charge in [0.25, 0.3) is 0 Å². The molecule has 0 aliphatic carbocycles. The van der Waals surface area contributed by atoms with Gasteiger partial charge in [0.15, 0.2) is 0 Å². The van der Waals surface area contributed by atoms with Crippen LogP contribution in [0.5, 0.6) is 0 Å². The van der Waals surface area contributed by atoms with Crippen LogP contribution < -0.4 is 5.73 Å². The van der Waals surface area contributed by atoms with Gasteiger partial charge in [0, 0.05) is 6.04 Å². The van der Waals surface area contributed by atoms with Gasteiger partial charge in [-0.1, -0.05) is 38.8 Å². The summed E-state index contributed by atoms with van der Waals surface area (Å²) in [4.78, 5) is 0. The van der Waals surface area contributed by atoms with E-state index < -0.39 is 0 Å². The van der Waals surface area contributed by atoms with Crippen molar-refractivity contribution in [1.82, 2.24) is 0 Å². The summed E-state index contributed by atoms with van der Waals surface area (Å²) in [5, 5.41) is 0. The zero-order valence-corrected chi connectivity index (χ0v) is 8.77. The highest BCUT2D eigenvalue weighted by atomic mass is 14.6. The third-order valence-electron chi connectivity index (χ3n) is 2.22. The molecule has 1 atom stereocenters. The Morgan fingerprint density at radius 3 is 2.42 bits per heavy atom. The van der Waals surface area contributed by atoms with Gasteiger partial charge < -0.3 is 5.73 Å². The van der Waals surface area contributed by atoms with E-state index in [1.807, 2.05) is 0 Å². The highest BCUT2D eigenvalue weighted by Crippen LogP contribution is 2.11. The summed E-state index contributed by atoms with van der Waals surface area (Å²) in [6.07, 6.45) is 8.14. The summed E-state index contributed by atoms with van der Waals surface area (Å²) in [5.74, 6) is 0. The van der Waals surface area contributed by atoms with Crippen molar-refractivity contribution in [3.63, 3.8) is 0 Å². The molecule has 1 unspecified atom stereocenters. The van der Waals surface area contributed by atoms with Crippen molar-refractivity contribution in [3.05, 3.63) is 11.6 Å². The molecule has 0 aromatic rings. The molecule has 0 amide bonds. The lowest BCUT2D eigenvalue weighted by molar-refractivity contribution is 0.630. The van der Waals surface area contributed by atoms with E-state index in [0.29, 0.717) is 6.04 Å². The van der Waals surface area contributed by atoms with Crippen molar-refractivity contribution in [2.45, 2.75) is 58.9 Å². The quantitative estimate of drug-likeness (QED) is 0.607. The third-order valence-corrected chi connectivity index (χ3v) is 2.22. The van der Waals surface area contributed by atoms with Crippen molar-refractivity contribution >= 4 is 0 Å². The normalized spacial score (nSPS) is 14.8. The monoisotopic (exact) mass is 169 g/mol. The summed E-state index contributed by atoms with van der Waals surface area (Å²) in [6, 6.07) is 0.369. The fourth-order valence-electron chi connectivity index (χ4n) is 1.20. The molecular weight excluding hydrogens is 146 g/mol. The van der Waals surface area contributed by atoms with E-state index in [-0.39, 0.29) is 0 Å². The summed E-state index contributed by atoms with van der Waals surface area (Å²) in [7, 11) is 0. The van der Waals surface area contributed by atoms with Crippen LogP contribution in [0.3, 0.4) is 0 Å². The lowest BCUT2D eigenvalue weighted by Crippen LogP contribution is -2.18. The van der Waals surface area contributed by atoms with Gasteiger partial charge in [-0.05, 0) is 25.7 Å². The second-order valence-electron chi connectivity index (χ2n) is 3.38. The Bertz CT molecular complexity index is 127. The summed E-state index contributed by atoms with van der Waals surface area (Å²) in [5.41, 5.74) is 7.41. The van der Waals surface area contributed by atoms with Crippen LogP contribution >= 0.6 is 0 Å². The Balaban J connectivity index is 3.81. The zero-order chi connectivity index (χ0) is 9.40. The number of nitrogens with two attached hydrogens (primary N) is 1. The molecule has 12 heavy (non-hydrogen) atoms. The first-order valence-electron chi connectivity index (χ1n) is 5.18. The Morgan fingerprint density at radius 2 is 2.00 bits per heavy atom. The topological polar surface area (TPSA) is 26.0 Å². The summed E-state index contributed by atoms with van der Waals surface area (Å²) >= 11 is 0. The molecule has 1 heteroatoms. The maximum Gasteiger partial charge on any atom is 0.00734 e. The van der Waals surface area contributed by atoms with Crippen molar-refractivity contribution in [2.24, 2.45) is 5.73 Å². The van der Waals surface area contributed by atoms with Crippen LogP contribution in [-0.4, -0.2) is 6.04 Å². The first-order chi connectivity index (χ1) is 5.74. The predicted octanol–water partition coefficient (Wildman–Crippen LogP) is 3.25. The van der Waals surface area contributed by atoms with E-state index in [1.54, 1.807) is 0 Å². The number of hydrogen-bond acceptors (Lipinski definition) is 1. The average molecular weight is 169 g/mol. The number of unbranched alkanes of at least 4 members (excludes halogenated alkanes) is 1. The molecule has 0 bridgehead atoms. The van der Waals surface area contributed by atoms with Crippen molar-refractivity contribution in [3.8, 4) is 0 Å². The van der Waals surface area contributed by atoms with E-state index in [0.717, 1.165) is 19.3 Å². The van der Waals surface area contributed by atoms with Crippen molar-refractivity contribution in [2.75, 3.05) is 0 Å². The van der Waals surface area contributed by atoms with Gasteiger partial charge in [0.1, 0.15) is 0 Å². The van der Waals surface area contributed by atoms with Gasteiger partial charge in [-0.15, -0.1) is 0 Å². The Kier molecular flexibility index (Phi) is 7.17. The maximum absolute atomic E-state index is 5.88. The Labute approximate surface area is 77.0 Å². The largest absolute Gasteiger partial charge is 0.327 e. The minimum Gasteiger partial charge on any atom is -0.327 e. The molecule has 0 aliphatic heterocycles. The highest BCUT2D eigenvalue weighted by molar-refractivity contribution is 5.03. The average Bonchev–Trinajstić information content (AvgIpc) is 2.11. The SMILES string of the molecule is CCC/C=C(\CC)CC(N)CC. The van der Waals surface area contributed by atoms with Crippen LogP contribution in [-0.2, 0) is 0 Å². The van der Waals surface area contributed by atoms with Gasteiger partial charge in [-0.3, -0.25) is 0 Å². The molecule has 0 rings (SSSR count). The molecular formula is C11H23N. The molecule has 0 radical (unpaired) electrons. The molecule has 0 heterocycles. The van der Waals surface area contributed by atoms with E-state index in [9.17, 15) is 0 Å². The predicted molar refractivity (Wildman–Crippen MR) is 56.2 cm³/mol. The molecule has 0 aliphatic rings. The van der Waals surface area contributed by atoms with Crippen molar-refractivity contribution < 1.29 is 0 Å². The molecule has 0 spiro atoms. The second kappa shape index (κ2) is 7.35. The molecule has 0 saturated heterocycles. The molecule has 1 nitrogen and oxygen atoms in total. The van der Waals surface area contributed by atoms with Gasteiger partial charge >= 0.3 is 0 Å². The van der Waals surface area contributed by atoms with E-state index in [2.05, 4.69) is 26.8 Å². The third kappa shape index (κ3) is 5.36. The zero-order valence-electron chi connectivity index (χ0n) is 8.77. The molecule has 2 N–H and O–H groups in total. The molecule has 72 valence electrons. The van der Waals surface area contributed by atoms with Crippen LogP contribution in [0.2, 0.25) is 0 Å². The summed E-state index contributed by atoms with van der Waals surface area (Å²) in [6.45, 7) is 6.57.